The Kier molecular flexibility index (Phi) is 13.8. The fourth-order valence-electron chi connectivity index (χ4n) is 10.2. The summed E-state index contributed by atoms with van der Waals surface area (Å²) in [6, 6.07) is 30.6. The molecule has 0 bridgehead atoms. The lowest BCUT2D eigenvalue weighted by Gasteiger charge is -2.30. The lowest BCUT2D eigenvalue weighted by Crippen LogP contribution is -2.39. The summed E-state index contributed by atoms with van der Waals surface area (Å²) in [7, 11) is 0. The highest BCUT2D eigenvalue weighted by Gasteiger charge is 2.30. The van der Waals surface area contributed by atoms with E-state index in [0.29, 0.717) is 48.3 Å². The van der Waals surface area contributed by atoms with E-state index in [9.17, 15) is 9.59 Å². The van der Waals surface area contributed by atoms with Gasteiger partial charge in [-0.15, -0.1) is 5.10 Å². The Labute approximate surface area is 436 Å². The second kappa shape index (κ2) is 21.2. The first-order chi connectivity index (χ1) is 35.7. The molecule has 17 heteroatoms. The van der Waals surface area contributed by atoms with Crippen molar-refractivity contribution < 1.29 is 14.4 Å². The predicted molar refractivity (Wildman–Crippen MR) is 285 cm³/mol. The summed E-state index contributed by atoms with van der Waals surface area (Å²) in [6.45, 7) is 2.49. The number of nitrogens with one attached hydrogen (secondary N) is 2. The quantitative estimate of drug-likeness (QED) is 0.175. The third-order valence-corrected chi connectivity index (χ3v) is 14.6. The third-order valence-electron chi connectivity index (χ3n) is 13.8. The highest BCUT2D eigenvalue weighted by atomic mass is 35.5. The van der Waals surface area contributed by atoms with Gasteiger partial charge in [-0.1, -0.05) is 75.1 Å². The minimum Gasteiger partial charge on any atom is -0.356 e. The number of urea groups is 2. The molecule has 2 fully saturated rings. The molecule has 8 aromatic rings. The number of halogens is 3. The summed E-state index contributed by atoms with van der Waals surface area (Å²) in [5, 5.41) is 16.5. The number of carbonyl (C=O) groups excluding carboxylic acids is 2. The van der Waals surface area contributed by atoms with Crippen molar-refractivity contribution in [2.75, 3.05) is 36.8 Å². The Hall–Kier alpha value is -7.65. The number of benzene rings is 3. The number of carbonyl (C=O) groups is 2. The van der Waals surface area contributed by atoms with Crippen LogP contribution in [0.4, 0.5) is 21.0 Å². The normalized spacial score (nSPS) is 15.2. The van der Waals surface area contributed by atoms with Gasteiger partial charge in [-0.2, -0.15) is 0 Å². The maximum absolute atomic E-state index is 12.9. The second-order valence-electron chi connectivity index (χ2n) is 18.2. The van der Waals surface area contributed by atoms with Gasteiger partial charge < -0.3 is 25.3 Å². The number of likely N-dealkylation sites (tertiary alicyclic amines) is 2. The number of fused-ring (bicyclic) bond motifs is 5. The Balaban J connectivity index is 0.000000162. The molecule has 4 aliphatic rings. The molecule has 4 amide bonds. The summed E-state index contributed by atoms with van der Waals surface area (Å²) >= 11 is 19.3. The average Bonchev–Trinajstić information content (AvgIpc) is 3.64. The fraction of sp³-hybridized carbons (Fsp3) is 0.214. The minimum absolute atomic E-state index is 0.100. The van der Waals surface area contributed by atoms with Crippen molar-refractivity contribution >= 4 is 80.4 Å². The smallest absolute Gasteiger partial charge is 0.321 e. The molecule has 7 heterocycles. The molecular weight excluding hydrogens is 981 g/mol. The van der Waals surface area contributed by atoms with E-state index in [1.54, 1.807) is 49.3 Å². The van der Waals surface area contributed by atoms with Crippen LogP contribution in [-0.2, 0) is 25.7 Å². The highest BCUT2D eigenvalue weighted by molar-refractivity contribution is 6.32. The average molecular weight is 1030 g/mol. The number of anilines is 2. The number of hydrogen-bond acceptors (Lipinski definition) is 9. The molecule has 0 radical (unpaired) electrons. The largest absolute Gasteiger partial charge is 0.356 e. The Bertz CT molecular complexity index is 3440. The molecule has 366 valence electrons. The second-order valence-corrected chi connectivity index (χ2v) is 19.5. The van der Waals surface area contributed by atoms with Gasteiger partial charge in [0.15, 0.2) is 5.75 Å². The molecular formula is C56H48Cl3N11O3. The number of piperidine rings is 2. The topological polar surface area (TPSA) is 156 Å². The van der Waals surface area contributed by atoms with E-state index in [2.05, 4.69) is 43.0 Å². The Morgan fingerprint density at radius 1 is 0.548 bits per heavy atom. The first kappa shape index (κ1) is 47.7. The lowest BCUT2D eigenvalue weighted by molar-refractivity contribution is 0.182. The number of hydrogen-bond donors (Lipinski definition) is 2. The number of nitrogens with zero attached hydrogens (tertiary/aromatic N) is 9. The zero-order chi connectivity index (χ0) is 49.8. The summed E-state index contributed by atoms with van der Waals surface area (Å²) in [5.74, 6) is 0.691. The van der Waals surface area contributed by atoms with E-state index >= 15 is 0 Å². The van der Waals surface area contributed by atoms with E-state index < -0.39 is 0 Å². The first-order valence-electron chi connectivity index (χ1n) is 24.3. The van der Waals surface area contributed by atoms with E-state index in [0.717, 1.165) is 112 Å². The van der Waals surface area contributed by atoms with Gasteiger partial charge in [-0.05, 0) is 151 Å². The van der Waals surface area contributed by atoms with Crippen LogP contribution < -0.4 is 15.5 Å². The SMILES string of the molecule is O=C(Nc1cccnc1)N1CCC(=C2c3ccc(Cl)cc3CCc3c(Cl)ccnc32)CC1.O=C(Nc1cccnc1)N1CCC(=C2c3ccc(Cl)cc3CCc3c(On4nnc5ccccc54)ccnc32)CC1. The zero-order valence-corrected chi connectivity index (χ0v) is 41.8. The van der Waals surface area contributed by atoms with E-state index in [1.165, 1.54) is 32.7 Å². The summed E-state index contributed by atoms with van der Waals surface area (Å²) in [4.78, 5) is 54.9. The van der Waals surface area contributed by atoms with Crippen LogP contribution in [0.1, 0.15) is 70.5 Å². The molecule has 73 heavy (non-hydrogen) atoms. The first-order valence-corrected chi connectivity index (χ1v) is 25.4. The van der Waals surface area contributed by atoms with Crippen molar-refractivity contribution in [2.45, 2.75) is 51.4 Å². The Morgan fingerprint density at radius 3 is 1.64 bits per heavy atom. The van der Waals surface area contributed by atoms with Crippen LogP contribution in [0.15, 0.2) is 145 Å². The van der Waals surface area contributed by atoms with Crippen LogP contribution >= 0.6 is 34.8 Å². The van der Waals surface area contributed by atoms with E-state index in [4.69, 9.17) is 49.6 Å². The maximum Gasteiger partial charge on any atom is 0.321 e. The van der Waals surface area contributed by atoms with Gasteiger partial charge in [0, 0.05) is 88.8 Å². The molecule has 2 N–H and O–H groups in total. The molecule has 0 atom stereocenters. The number of aryl methyl sites for hydroxylation is 2. The predicted octanol–water partition coefficient (Wildman–Crippen LogP) is 12.0. The van der Waals surface area contributed by atoms with Gasteiger partial charge in [-0.25, -0.2) is 9.59 Å². The van der Waals surface area contributed by atoms with Gasteiger partial charge in [0.05, 0.1) is 35.2 Å². The molecule has 3 aromatic carbocycles. The number of para-hydroxylation sites is 1. The summed E-state index contributed by atoms with van der Waals surface area (Å²) in [5.41, 5.74) is 16.4. The van der Waals surface area contributed by atoms with Crippen molar-refractivity contribution in [1.82, 2.24) is 44.9 Å². The number of pyridine rings is 4. The molecule has 14 nitrogen and oxygen atoms in total. The number of amides is 4. The molecule has 0 spiro atoms. The lowest BCUT2D eigenvalue weighted by atomic mass is 9.88. The van der Waals surface area contributed by atoms with Gasteiger partial charge in [-0.3, -0.25) is 19.9 Å². The number of rotatable bonds is 4. The number of aromatic nitrogens is 7. The van der Waals surface area contributed by atoms with Crippen LogP contribution in [0.25, 0.3) is 22.2 Å². The Morgan fingerprint density at radius 2 is 1.08 bits per heavy atom. The van der Waals surface area contributed by atoms with Crippen molar-refractivity contribution in [3.05, 3.63) is 205 Å². The van der Waals surface area contributed by atoms with Crippen molar-refractivity contribution in [3.63, 3.8) is 0 Å². The maximum atomic E-state index is 12.9. The minimum atomic E-state index is -0.121. The molecule has 0 unspecified atom stereocenters. The fourth-order valence-corrected chi connectivity index (χ4v) is 10.8. The summed E-state index contributed by atoms with van der Waals surface area (Å²) in [6.07, 6.45) is 16.5. The third kappa shape index (κ3) is 10.2. The van der Waals surface area contributed by atoms with Crippen molar-refractivity contribution in [3.8, 4) is 5.75 Å². The van der Waals surface area contributed by atoms with Crippen molar-refractivity contribution in [2.24, 2.45) is 0 Å². The molecule has 12 rings (SSSR count). The van der Waals surface area contributed by atoms with Gasteiger partial charge in [0.1, 0.15) is 11.0 Å². The molecule has 2 aliphatic carbocycles. The monoisotopic (exact) mass is 1030 g/mol. The molecule has 5 aromatic heterocycles. The van der Waals surface area contributed by atoms with Gasteiger partial charge in [0.2, 0.25) is 0 Å². The van der Waals surface area contributed by atoms with Crippen LogP contribution in [0, 0.1) is 0 Å². The van der Waals surface area contributed by atoms with Crippen molar-refractivity contribution in [1.29, 1.82) is 0 Å². The van der Waals surface area contributed by atoms with Gasteiger partial charge >= 0.3 is 12.1 Å². The zero-order valence-electron chi connectivity index (χ0n) is 39.6. The molecule has 2 saturated heterocycles. The standard InChI is InChI=1S/C31H26ClN7O2.C25H22Cl2N4O/c32-22-8-10-24-21(18-22)7-9-25-28(41-39-27-6-2-1-5-26(27)36-37-39)11-15-34-30(25)29(24)20-12-16-38(17-13-20)31(40)35-23-4-3-14-33-19-23;26-18-4-6-20-17(14-18)3-5-21-22(27)7-11-29-24(21)23(20)16-8-12-31(13-9-16)25(32)30-19-2-1-10-28-15-19/h1-6,8,10-11,14-15,18-19H,7,9,12-13,16-17H2,(H,35,40);1-2,4,6-7,10-11,14-15H,3,5,8-9,12-13H2,(H,30,32). The van der Waals surface area contributed by atoms with Gasteiger partial charge in [0.25, 0.3) is 0 Å². The van der Waals surface area contributed by atoms with Crippen LogP contribution in [0.2, 0.25) is 15.1 Å². The molecule has 0 saturated carbocycles. The highest BCUT2D eigenvalue weighted by Crippen LogP contribution is 2.43. The van der Waals surface area contributed by atoms with Crippen LogP contribution in [-0.4, -0.2) is 83.1 Å². The molecule has 2 aliphatic heterocycles. The van der Waals surface area contributed by atoms with E-state index in [-0.39, 0.29) is 12.1 Å². The van der Waals surface area contributed by atoms with E-state index in [1.807, 2.05) is 82.6 Å². The van der Waals surface area contributed by atoms with Crippen LogP contribution in [0.5, 0.6) is 5.75 Å². The van der Waals surface area contributed by atoms with Crippen LogP contribution in [0.3, 0.4) is 0 Å². The summed E-state index contributed by atoms with van der Waals surface area (Å²) < 4.78 is 0.